The lowest BCUT2D eigenvalue weighted by Crippen LogP contribution is -2.17. The molecule has 0 saturated heterocycles. The van der Waals surface area contributed by atoms with E-state index >= 15 is 0 Å². The second-order valence-corrected chi connectivity index (χ2v) is 4.97. The molecule has 0 amide bonds. The van der Waals surface area contributed by atoms with E-state index in [4.69, 9.17) is 5.11 Å². The van der Waals surface area contributed by atoms with Gasteiger partial charge in [-0.1, -0.05) is 12.1 Å². The van der Waals surface area contributed by atoms with Crippen LogP contribution in [0.4, 0.5) is 26.3 Å². The molecule has 0 saturated carbocycles. The molecule has 1 N–H and O–H groups in total. The first-order valence-corrected chi connectivity index (χ1v) is 6.73. The highest BCUT2D eigenvalue weighted by Gasteiger charge is 2.33. The third-order valence-electron chi connectivity index (χ3n) is 3.15. The lowest BCUT2D eigenvalue weighted by Gasteiger charge is -2.12. The highest BCUT2D eigenvalue weighted by Crippen LogP contribution is 2.31. The van der Waals surface area contributed by atoms with E-state index in [9.17, 15) is 35.9 Å². The maximum atomic E-state index is 12.7. The summed E-state index contributed by atoms with van der Waals surface area (Å²) in [6, 6.07) is 5.20. The van der Waals surface area contributed by atoms with E-state index in [1.807, 2.05) is 0 Å². The van der Waals surface area contributed by atoms with Crippen LogP contribution in [0.3, 0.4) is 0 Å². The van der Waals surface area contributed by atoms with Crippen molar-refractivity contribution in [1.29, 1.82) is 0 Å². The molecule has 0 atom stereocenters. The molecular formula is C16H8F6O4. The maximum absolute atomic E-state index is 12.7. The molecule has 0 aromatic heterocycles. The third kappa shape index (κ3) is 4.52. The van der Waals surface area contributed by atoms with E-state index in [1.165, 1.54) is 0 Å². The lowest BCUT2D eigenvalue weighted by atomic mass is 9.96. The van der Waals surface area contributed by atoms with Gasteiger partial charge < -0.3 is 9.84 Å². The lowest BCUT2D eigenvalue weighted by molar-refractivity contribution is -0.274. The summed E-state index contributed by atoms with van der Waals surface area (Å²) in [4.78, 5) is 23.6. The predicted molar refractivity (Wildman–Crippen MR) is 75.0 cm³/mol. The number of benzene rings is 2. The number of carbonyl (C=O) groups excluding carboxylic acids is 1. The third-order valence-corrected chi connectivity index (χ3v) is 3.15. The molecule has 0 radical (unpaired) electrons. The van der Waals surface area contributed by atoms with Crippen LogP contribution in [-0.2, 0) is 6.18 Å². The molecule has 10 heteroatoms. The Kier molecular flexibility index (Phi) is 4.97. The van der Waals surface area contributed by atoms with Crippen molar-refractivity contribution in [3.05, 3.63) is 64.7 Å². The van der Waals surface area contributed by atoms with Gasteiger partial charge in [0.2, 0.25) is 0 Å². The molecule has 4 nitrogen and oxygen atoms in total. The van der Waals surface area contributed by atoms with Gasteiger partial charge in [0, 0.05) is 11.1 Å². The summed E-state index contributed by atoms with van der Waals surface area (Å²) in [5, 5.41) is 9.07. The number of aromatic carboxylic acids is 1. The highest BCUT2D eigenvalue weighted by molar-refractivity contribution is 6.14. The van der Waals surface area contributed by atoms with Crippen molar-refractivity contribution in [1.82, 2.24) is 0 Å². The summed E-state index contributed by atoms with van der Waals surface area (Å²) in [6.45, 7) is 0. The number of hydrogen-bond donors (Lipinski definition) is 1. The Morgan fingerprint density at radius 1 is 0.885 bits per heavy atom. The van der Waals surface area contributed by atoms with Crippen LogP contribution in [0.1, 0.15) is 31.8 Å². The number of rotatable bonds is 4. The van der Waals surface area contributed by atoms with Crippen molar-refractivity contribution in [2.75, 3.05) is 0 Å². The van der Waals surface area contributed by atoms with Gasteiger partial charge in [0.05, 0.1) is 11.1 Å². The first kappa shape index (κ1) is 19.3. The second-order valence-electron chi connectivity index (χ2n) is 4.97. The zero-order chi connectivity index (χ0) is 19.7. The molecule has 2 rings (SSSR count). The molecule has 0 heterocycles. The van der Waals surface area contributed by atoms with Gasteiger partial charge in [-0.05, 0) is 30.3 Å². The minimum Gasteiger partial charge on any atom is -0.478 e. The van der Waals surface area contributed by atoms with Gasteiger partial charge in [0.1, 0.15) is 5.75 Å². The predicted octanol–water partition coefficient (Wildman–Crippen LogP) is 4.53. The number of carboxylic acid groups (broad SMARTS) is 1. The number of ether oxygens (including phenoxy) is 1. The molecule has 0 bridgehead atoms. The van der Waals surface area contributed by atoms with Gasteiger partial charge >= 0.3 is 18.5 Å². The number of carbonyl (C=O) groups is 2. The molecule has 0 fully saturated rings. The molecule has 0 spiro atoms. The number of alkyl halides is 6. The van der Waals surface area contributed by atoms with Gasteiger partial charge in [-0.2, -0.15) is 13.2 Å². The topological polar surface area (TPSA) is 63.6 Å². The van der Waals surface area contributed by atoms with Crippen LogP contribution in [0.25, 0.3) is 0 Å². The standard InChI is InChI=1S/C16H8F6O4/c17-15(18,19)9-4-5-11(12(7-9)14(24)25)13(23)8-2-1-3-10(6-8)26-16(20,21)22/h1-7H,(H,24,25). The quantitative estimate of drug-likeness (QED) is 0.627. The van der Waals surface area contributed by atoms with Crippen LogP contribution in [-0.4, -0.2) is 23.2 Å². The molecule has 0 aliphatic heterocycles. The van der Waals surface area contributed by atoms with Crippen molar-refractivity contribution in [2.24, 2.45) is 0 Å². The number of halogens is 6. The van der Waals surface area contributed by atoms with E-state index in [-0.39, 0.29) is 11.6 Å². The van der Waals surface area contributed by atoms with Gasteiger partial charge in [-0.3, -0.25) is 4.79 Å². The summed E-state index contributed by atoms with van der Waals surface area (Å²) in [7, 11) is 0. The minimum absolute atomic E-state index is 0.283. The van der Waals surface area contributed by atoms with E-state index in [2.05, 4.69) is 4.74 Å². The van der Waals surface area contributed by atoms with E-state index < -0.39 is 46.7 Å². The summed E-state index contributed by atoms with van der Waals surface area (Å²) >= 11 is 0. The molecular weight excluding hydrogens is 370 g/mol. The SMILES string of the molecule is O=C(O)c1cc(C(F)(F)F)ccc1C(=O)c1cccc(OC(F)(F)F)c1. The normalized spacial score (nSPS) is 11.9. The van der Waals surface area contributed by atoms with E-state index in [0.29, 0.717) is 18.2 Å². The molecule has 138 valence electrons. The van der Waals surface area contributed by atoms with Gasteiger partial charge in [0.25, 0.3) is 0 Å². The fourth-order valence-corrected chi connectivity index (χ4v) is 2.09. The van der Waals surface area contributed by atoms with Crippen LogP contribution < -0.4 is 4.74 Å². The van der Waals surface area contributed by atoms with Gasteiger partial charge in [0.15, 0.2) is 5.78 Å². The monoisotopic (exact) mass is 378 g/mol. The Hall–Kier alpha value is -3.04. The van der Waals surface area contributed by atoms with Crippen molar-refractivity contribution in [3.63, 3.8) is 0 Å². The fraction of sp³-hybridized carbons (Fsp3) is 0.125. The first-order chi connectivity index (χ1) is 11.9. The molecule has 0 aliphatic carbocycles. The molecule has 0 aliphatic rings. The number of hydrogen-bond acceptors (Lipinski definition) is 3. The Bertz CT molecular complexity index is 855. The van der Waals surface area contributed by atoms with Crippen LogP contribution in [0.2, 0.25) is 0 Å². The Balaban J connectivity index is 2.47. The molecule has 26 heavy (non-hydrogen) atoms. The Morgan fingerprint density at radius 3 is 2.08 bits per heavy atom. The summed E-state index contributed by atoms with van der Waals surface area (Å²) < 4.78 is 78.4. The highest BCUT2D eigenvalue weighted by atomic mass is 19.4. The van der Waals surface area contributed by atoms with Crippen molar-refractivity contribution < 1.29 is 45.8 Å². The van der Waals surface area contributed by atoms with E-state index in [0.717, 1.165) is 18.2 Å². The number of ketones is 1. The van der Waals surface area contributed by atoms with E-state index in [1.54, 1.807) is 0 Å². The van der Waals surface area contributed by atoms with Crippen molar-refractivity contribution in [3.8, 4) is 5.75 Å². The second kappa shape index (κ2) is 6.70. The summed E-state index contributed by atoms with van der Waals surface area (Å²) in [5.41, 5.74) is -3.18. The summed E-state index contributed by atoms with van der Waals surface area (Å²) in [5.74, 6) is -3.59. The fourth-order valence-electron chi connectivity index (χ4n) is 2.09. The average Bonchev–Trinajstić information content (AvgIpc) is 2.51. The Labute approximate surface area is 141 Å². The van der Waals surface area contributed by atoms with Gasteiger partial charge in [-0.15, -0.1) is 13.2 Å². The van der Waals surface area contributed by atoms with Crippen LogP contribution in [0, 0.1) is 0 Å². The minimum atomic E-state index is -5.01. The molecule has 2 aromatic carbocycles. The van der Waals surface area contributed by atoms with Crippen LogP contribution in [0.5, 0.6) is 5.75 Å². The largest absolute Gasteiger partial charge is 0.573 e. The van der Waals surface area contributed by atoms with Crippen LogP contribution in [0.15, 0.2) is 42.5 Å². The zero-order valence-corrected chi connectivity index (χ0v) is 12.5. The smallest absolute Gasteiger partial charge is 0.478 e. The molecule has 2 aromatic rings. The first-order valence-electron chi connectivity index (χ1n) is 6.73. The molecule has 0 unspecified atom stereocenters. The maximum Gasteiger partial charge on any atom is 0.573 e. The number of carboxylic acids is 1. The van der Waals surface area contributed by atoms with Crippen molar-refractivity contribution in [2.45, 2.75) is 12.5 Å². The van der Waals surface area contributed by atoms with Crippen molar-refractivity contribution >= 4 is 11.8 Å². The Morgan fingerprint density at radius 2 is 1.54 bits per heavy atom. The van der Waals surface area contributed by atoms with Crippen LogP contribution >= 0.6 is 0 Å². The average molecular weight is 378 g/mol. The zero-order valence-electron chi connectivity index (χ0n) is 12.5. The van der Waals surface area contributed by atoms with Gasteiger partial charge in [-0.25, -0.2) is 4.79 Å². The summed E-state index contributed by atoms with van der Waals surface area (Å²) in [6.07, 6.45) is -9.84.